The van der Waals surface area contributed by atoms with E-state index in [9.17, 15) is 14.7 Å². The topological polar surface area (TPSA) is 142 Å². The zero-order valence-electron chi connectivity index (χ0n) is 24.7. The summed E-state index contributed by atoms with van der Waals surface area (Å²) in [4.78, 5) is 36.3. The fraction of sp³-hybridized carbons (Fsp3) is 0.281. The van der Waals surface area contributed by atoms with E-state index in [1.54, 1.807) is 24.1 Å². The first kappa shape index (κ1) is 29.4. The second-order valence-corrected chi connectivity index (χ2v) is 11.9. The molecule has 4 aromatic rings. The number of likely N-dealkylation sites (tertiary alicyclic amines) is 1. The Morgan fingerprint density at radius 2 is 1.98 bits per heavy atom. The number of rotatable bonds is 8. The number of nitrogens with one attached hydrogen (secondary N) is 2. The fourth-order valence-electron chi connectivity index (χ4n) is 5.71. The highest BCUT2D eigenvalue weighted by molar-refractivity contribution is 7.21. The molecule has 228 valence electrons. The highest BCUT2D eigenvalue weighted by atomic mass is 32.1. The zero-order valence-corrected chi connectivity index (χ0v) is 25.5. The molecule has 0 saturated carbocycles. The minimum atomic E-state index is -0.917. The van der Waals surface area contributed by atoms with E-state index in [4.69, 9.17) is 15.2 Å². The summed E-state index contributed by atoms with van der Waals surface area (Å²) in [6.07, 6.45) is 2.27. The van der Waals surface area contributed by atoms with E-state index < -0.39 is 6.23 Å². The molecule has 0 aliphatic carbocycles. The molecule has 0 radical (unpaired) electrons. The normalized spacial score (nSPS) is 18.0. The smallest absolute Gasteiger partial charge is 0.331 e. The maximum absolute atomic E-state index is 13.6. The first-order valence-electron chi connectivity index (χ1n) is 14.3. The van der Waals surface area contributed by atoms with Crippen molar-refractivity contribution in [2.24, 2.45) is 5.73 Å². The third-order valence-corrected chi connectivity index (χ3v) is 9.07. The Hall–Kier alpha value is -4.65. The van der Waals surface area contributed by atoms with Gasteiger partial charge in [-0.1, -0.05) is 18.2 Å². The summed E-state index contributed by atoms with van der Waals surface area (Å²) >= 11 is 1.24. The van der Waals surface area contributed by atoms with Crippen LogP contribution in [0.5, 0.6) is 11.5 Å². The van der Waals surface area contributed by atoms with E-state index in [1.807, 2.05) is 60.4 Å². The molecule has 5 N–H and O–H groups in total. The summed E-state index contributed by atoms with van der Waals surface area (Å²) < 4.78 is 11.1. The van der Waals surface area contributed by atoms with Gasteiger partial charge < -0.3 is 30.9 Å². The minimum Gasteiger partial charge on any atom is -0.483 e. The minimum absolute atomic E-state index is 0.174. The highest BCUT2D eigenvalue weighted by Crippen LogP contribution is 2.46. The number of anilines is 3. The number of aromatic nitrogens is 1. The molecule has 6 rings (SSSR count). The largest absolute Gasteiger partial charge is 0.483 e. The number of hydrogen-bond donors (Lipinski definition) is 4. The summed E-state index contributed by atoms with van der Waals surface area (Å²) in [6.45, 7) is 4.74. The number of methoxy groups -OCH3 is 1. The first-order valence-corrected chi connectivity index (χ1v) is 15.2. The molecular weight excluding hydrogens is 580 g/mol. The maximum atomic E-state index is 13.6. The average molecular weight is 615 g/mol. The van der Waals surface area contributed by atoms with Crippen LogP contribution < -0.4 is 26.0 Å². The van der Waals surface area contributed by atoms with Crippen LogP contribution in [0.2, 0.25) is 0 Å². The number of ether oxygens (including phenoxy) is 2. The molecule has 2 aliphatic heterocycles. The third-order valence-electron chi connectivity index (χ3n) is 7.97. The molecule has 1 unspecified atom stereocenters. The van der Waals surface area contributed by atoms with Gasteiger partial charge in [-0.2, -0.15) is 0 Å². The van der Waals surface area contributed by atoms with Crippen molar-refractivity contribution in [3.8, 4) is 11.5 Å². The number of pyridine rings is 1. The highest BCUT2D eigenvalue weighted by Gasteiger charge is 2.34. The molecule has 2 aromatic heterocycles. The van der Waals surface area contributed by atoms with Crippen molar-refractivity contribution in [3.05, 3.63) is 82.7 Å². The monoisotopic (exact) mass is 614 g/mol. The number of nitrogens with zero attached hydrogens (tertiary/aromatic N) is 3. The van der Waals surface area contributed by atoms with Gasteiger partial charge in [0.05, 0.1) is 29.6 Å². The Bertz CT molecular complexity index is 1760. The van der Waals surface area contributed by atoms with Crippen LogP contribution in [0, 0.1) is 6.92 Å². The van der Waals surface area contributed by atoms with E-state index >= 15 is 0 Å². The molecule has 2 aromatic carbocycles. The van der Waals surface area contributed by atoms with Gasteiger partial charge in [-0.15, -0.1) is 11.3 Å². The van der Waals surface area contributed by atoms with Crippen molar-refractivity contribution in [3.63, 3.8) is 0 Å². The average Bonchev–Trinajstić information content (AvgIpc) is 3.40. The Morgan fingerprint density at radius 1 is 1.18 bits per heavy atom. The molecule has 44 heavy (non-hydrogen) atoms. The zero-order chi connectivity index (χ0) is 31.0. The van der Waals surface area contributed by atoms with Crippen molar-refractivity contribution in [1.82, 2.24) is 15.2 Å². The maximum Gasteiger partial charge on any atom is 0.331 e. The van der Waals surface area contributed by atoms with Gasteiger partial charge >= 0.3 is 6.03 Å². The molecule has 3 amide bonds. The summed E-state index contributed by atoms with van der Waals surface area (Å²) in [6, 6.07) is 16.3. The summed E-state index contributed by atoms with van der Waals surface area (Å²) in [5.74, 6) is 1.26. The van der Waals surface area contributed by atoms with Gasteiger partial charge in [-0.25, -0.2) is 9.78 Å². The Kier molecular flexibility index (Phi) is 8.13. The molecule has 0 spiro atoms. The van der Waals surface area contributed by atoms with Crippen molar-refractivity contribution >= 4 is 50.6 Å². The molecule has 2 atom stereocenters. The number of benzene rings is 2. The quantitative estimate of drug-likeness (QED) is 0.193. The van der Waals surface area contributed by atoms with Crippen LogP contribution in [0.3, 0.4) is 0 Å². The van der Waals surface area contributed by atoms with Gasteiger partial charge in [0.2, 0.25) is 0 Å². The predicted octanol–water partition coefficient (Wildman–Crippen LogP) is 5.43. The van der Waals surface area contributed by atoms with Crippen LogP contribution in [0.25, 0.3) is 10.2 Å². The van der Waals surface area contributed by atoms with Gasteiger partial charge in [0.25, 0.3) is 5.91 Å². The number of carbonyl (C=O) groups excluding carboxylic acids is 2. The van der Waals surface area contributed by atoms with Gasteiger partial charge in [0, 0.05) is 30.9 Å². The number of carbonyl (C=O) groups is 2. The van der Waals surface area contributed by atoms with Gasteiger partial charge in [0.1, 0.15) is 27.4 Å². The molecule has 12 heteroatoms. The number of aryl methyl sites for hydroxylation is 1. The van der Waals surface area contributed by atoms with Crippen molar-refractivity contribution in [2.75, 3.05) is 30.4 Å². The van der Waals surface area contributed by atoms with Gasteiger partial charge in [-0.3, -0.25) is 14.6 Å². The number of para-hydroxylation sites is 1. The molecule has 11 nitrogen and oxygen atoms in total. The Morgan fingerprint density at radius 3 is 2.73 bits per heavy atom. The number of thiophene rings is 1. The predicted molar refractivity (Wildman–Crippen MR) is 170 cm³/mol. The number of aliphatic hydroxyl groups is 1. The standard InChI is InChI=1S/C32H34N6O5S/c1-18-16-22(43-21-9-5-4-6-10-21)11-12-23(18)38-24-13-14-34-30-25(24)26(36-32(38)41)27(44-30)29(39)35-20-8-7-15-37(17-20)31(40)19(2)28(33)42-3/h4-6,9-14,16,20,31,40H,7-8,15,17,33H2,1-3H3,(H,35,39)(H,36,41)/b28-19-/t20-,31?/m1/s1. The summed E-state index contributed by atoms with van der Waals surface area (Å²) in [5, 5.41) is 17.6. The number of hydrogen-bond acceptors (Lipinski definition) is 9. The van der Waals surface area contributed by atoms with Gasteiger partial charge in [0.15, 0.2) is 5.88 Å². The van der Waals surface area contributed by atoms with E-state index in [2.05, 4.69) is 15.6 Å². The first-order chi connectivity index (χ1) is 21.2. The van der Waals surface area contributed by atoms with Crippen LogP contribution in [-0.2, 0) is 4.74 Å². The van der Waals surface area contributed by atoms with Crippen LogP contribution in [0.15, 0.2) is 72.3 Å². The summed E-state index contributed by atoms with van der Waals surface area (Å²) in [5.41, 5.74) is 9.01. The number of nitrogens with two attached hydrogens (primary N) is 1. The van der Waals surface area contributed by atoms with Crippen LogP contribution in [0.4, 0.5) is 21.9 Å². The molecule has 4 heterocycles. The van der Waals surface area contributed by atoms with E-state index in [0.717, 1.165) is 24.2 Å². The Balaban J connectivity index is 1.25. The Labute approximate surface area is 258 Å². The fourth-order valence-corrected chi connectivity index (χ4v) is 6.73. The number of piperidine rings is 1. The number of aliphatic hydroxyl groups excluding tert-OH is 1. The van der Waals surface area contributed by atoms with E-state index in [1.165, 1.54) is 18.4 Å². The lowest BCUT2D eigenvalue weighted by atomic mass is 10.0. The van der Waals surface area contributed by atoms with Gasteiger partial charge in [-0.05, 0) is 68.7 Å². The molecular formula is C32H34N6O5S. The lowest BCUT2D eigenvalue weighted by molar-refractivity contribution is 0.00710. The molecule has 0 bridgehead atoms. The van der Waals surface area contributed by atoms with Crippen molar-refractivity contribution in [1.29, 1.82) is 0 Å². The SMILES string of the molecule is CO/C(N)=C(/C)C(O)N1CCC[C@@H](NC(=O)c2sc3nccc4c3c2NC(=O)N4c2ccc(Oc3ccccc3)cc2C)C1. The van der Waals surface area contributed by atoms with Crippen LogP contribution in [-0.4, -0.2) is 59.4 Å². The molecule has 2 aliphatic rings. The molecule has 1 fully saturated rings. The second kappa shape index (κ2) is 12.2. The summed E-state index contributed by atoms with van der Waals surface area (Å²) in [7, 11) is 1.46. The van der Waals surface area contributed by atoms with Crippen molar-refractivity contribution < 1.29 is 24.2 Å². The van der Waals surface area contributed by atoms with Crippen molar-refractivity contribution in [2.45, 2.75) is 39.0 Å². The van der Waals surface area contributed by atoms with Crippen LogP contribution in [0.1, 0.15) is 35.0 Å². The number of urea groups is 1. The van der Waals surface area contributed by atoms with Crippen LogP contribution >= 0.6 is 11.3 Å². The lowest BCUT2D eigenvalue weighted by Crippen LogP contribution is -2.51. The second-order valence-electron chi connectivity index (χ2n) is 10.9. The number of amides is 3. The van der Waals surface area contributed by atoms with E-state index in [0.29, 0.717) is 56.6 Å². The molecule has 1 saturated heterocycles. The lowest BCUT2D eigenvalue weighted by Gasteiger charge is -2.36. The third kappa shape index (κ3) is 5.54. The van der Waals surface area contributed by atoms with E-state index in [-0.39, 0.29) is 23.9 Å².